The van der Waals surface area contributed by atoms with E-state index in [1.807, 2.05) is 54.6 Å². The molecule has 3 aromatic carbocycles. The summed E-state index contributed by atoms with van der Waals surface area (Å²) in [7, 11) is 3.23. The van der Waals surface area contributed by atoms with Crippen LogP contribution < -0.4 is 14.8 Å². The molecule has 0 aliphatic carbocycles. The Balaban J connectivity index is 1.54. The van der Waals surface area contributed by atoms with Crippen molar-refractivity contribution >= 4 is 28.9 Å². The molecule has 0 aromatic heterocycles. The number of hydrogen-bond donors (Lipinski definition) is 1. The van der Waals surface area contributed by atoms with Crippen molar-refractivity contribution in [2.45, 2.75) is 39.0 Å². The average Bonchev–Trinajstić information content (AvgIpc) is 2.98. The Morgan fingerprint density at radius 3 is 2.41 bits per heavy atom. The number of amidine groups is 1. The number of rotatable bonds is 4. The van der Waals surface area contributed by atoms with Crippen molar-refractivity contribution in [2.24, 2.45) is 15.9 Å². The van der Waals surface area contributed by atoms with Gasteiger partial charge in [-0.2, -0.15) is 0 Å². The molecule has 210 valence electrons. The molecule has 2 aliphatic heterocycles. The highest BCUT2D eigenvalue weighted by atomic mass is 16.5. The first-order valence-corrected chi connectivity index (χ1v) is 14.0. The third kappa shape index (κ3) is 6.80. The van der Waals surface area contributed by atoms with Crippen LogP contribution >= 0.6 is 0 Å². The fourth-order valence-electron chi connectivity index (χ4n) is 5.33. The molecule has 1 atom stereocenters. The lowest BCUT2D eigenvalue weighted by Crippen LogP contribution is -2.38. The van der Waals surface area contributed by atoms with Crippen LogP contribution in [0.2, 0.25) is 0 Å². The number of methoxy groups -OCH3 is 2. The molecule has 2 aliphatic rings. The highest BCUT2D eigenvalue weighted by Gasteiger charge is 2.27. The van der Waals surface area contributed by atoms with Crippen LogP contribution in [0, 0.1) is 5.92 Å². The molecule has 0 radical (unpaired) electrons. The van der Waals surface area contributed by atoms with Crippen molar-refractivity contribution in [1.29, 1.82) is 0 Å². The smallest absolute Gasteiger partial charge is 0.256 e. The van der Waals surface area contributed by atoms with E-state index in [1.165, 1.54) is 0 Å². The van der Waals surface area contributed by atoms with Gasteiger partial charge in [0.2, 0.25) is 0 Å². The Morgan fingerprint density at radius 1 is 0.951 bits per heavy atom. The molecule has 7 heteroatoms. The summed E-state index contributed by atoms with van der Waals surface area (Å²) in [5.74, 6) is 1.74. The zero-order valence-corrected chi connectivity index (χ0v) is 23.8. The summed E-state index contributed by atoms with van der Waals surface area (Å²) in [5, 5.41) is 3.15. The third-order valence-corrected chi connectivity index (χ3v) is 7.50. The van der Waals surface area contributed by atoms with E-state index in [9.17, 15) is 9.59 Å². The van der Waals surface area contributed by atoms with E-state index in [1.54, 1.807) is 27.2 Å². The summed E-state index contributed by atoms with van der Waals surface area (Å²) in [4.78, 5) is 34.9. The lowest BCUT2D eigenvalue weighted by atomic mass is 9.88. The van der Waals surface area contributed by atoms with Crippen LogP contribution in [-0.4, -0.2) is 44.0 Å². The Bertz CT molecular complexity index is 1550. The standard InChI is InChI=1S/C34H35N3O4/c1-22(38)12-15-29-25-10-4-8-24(17-25)13-14-26-19-28-20-31(40-2)32(41-3)21-30(28)36-33(26)37-34(39)27-11-5-7-23(18-27)9-6-16-35-29/h4-5,7-8,10-12,15,17-18,20-21,26H,6,9,13-14,16,19H2,1-3H3,(H,36,37,39)/b15-12-,35-29?. The van der Waals surface area contributed by atoms with Gasteiger partial charge in [0, 0.05) is 24.1 Å². The van der Waals surface area contributed by atoms with Crippen LogP contribution in [-0.2, 0) is 24.1 Å². The van der Waals surface area contributed by atoms with E-state index in [-0.39, 0.29) is 17.6 Å². The fourth-order valence-corrected chi connectivity index (χ4v) is 5.33. The van der Waals surface area contributed by atoms with Crippen molar-refractivity contribution in [1.82, 2.24) is 5.32 Å². The quantitative estimate of drug-likeness (QED) is 0.414. The number of ether oxygens (including phenoxy) is 2. The lowest BCUT2D eigenvalue weighted by molar-refractivity contribution is -0.112. The minimum absolute atomic E-state index is 0.00202. The number of fused-ring (bicyclic) bond motifs is 6. The summed E-state index contributed by atoms with van der Waals surface area (Å²) < 4.78 is 11.1. The van der Waals surface area contributed by atoms with Gasteiger partial charge in [-0.25, -0.2) is 4.99 Å². The highest BCUT2D eigenvalue weighted by Crippen LogP contribution is 2.39. The number of amides is 1. The predicted molar refractivity (Wildman–Crippen MR) is 162 cm³/mol. The van der Waals surface area contributed by atoms with Gasteiger partial charge in [-0.15, -0.1) is 0 Å². The van der Waals surface area contributed by atoms with Crippen molar-refractivity contribution in [3.63, 3.8) is 0 Å². The Hall–Kier alpha value is -4.52. The second-order valence-corrected chi connectivity index (χ2v) is 10.4. The van der Waals surface area contributed by atoms with E-state index in [2.05, 4.69) is 17.4 Å². The maximum atomic E-state index is 13.4. The number of aliphatic imine (C=N–C) groups is 2. The normalized spacial score (nSPS) is 17.3. The van der Waals surface area contributed by atoms with E-state index in [0.717, 1.165) is 59.3 Å². The highest BCUT2D eigenvalue weighted by molar-refractivity contribution is 6.11. The predicted octanol–water partition coefficient (Wildman–Crippen LogP) is 5.85. The number of carbonyl (C=O) groups is 2. The zero-order valence-electron chi connectivity index (χ0n) is 23.8. The summed E-state index contributed by atoms with van der Waals surface area (Å²) in [6.45, 7) is 2.16. The molecular formula is C34H35N3O4. The number of aryl methyl sites for hydroxylation is 2. The molecule has 0 fully saturated rings. The van der Waals surface area contributed by atoms with E-state index >= 15 is 0 Å². The number of carbonyl (C=O) groups excluding carboxylic acids is 2. The Kier molecular flexibility index (Phi) is 8.73. The molecule has 7 nitrogen and oxygen atoms in total. The van der Waals surface area contributed by atoms with Gasteiger partial charge >= 0.3 is 0 Å². The van der Waals surface area contributed by atoms with E-state index in [0.29, 0.717) is 35.9 Å². The van der Waals surface area contributed by atoms with Gasteiger partial charge in [0.15, 0.2) is 17.3 Å². The number of allylic oxidation sites excluding steroid dienone is 2. The fraction of sp³-hybridized carbons (Fsp3) is 0.294. The minimum Gasteiger partial charge on any atom is -0.493 e. The topological polar surface area (TPSA) is 89.3 Å². The molecule has 41 heavy (non-hydrogen) atoms. The van der Waals surface area contributed by atoms with Crippen molar-refractivity contribution in [3.05, 3.63) is 101 Å². The molecule has 2 heterocycles. The van der Waals surface area contributed by atoms with Crippen LogP contribution in [0.1, 0.15) is 52.4 Å². The average molecular weight is 550 g/mol. The number of hydrogen-bond acceptors (Lipinski definition) is 6. The first-order valence-electron chi connectivity index (χ1n) is 14.0. The molecule has 3 aromatic rings. The second-order valence-electron chi connectivity index (χ2n) is 10.4. The van der Waals surface area contributed by atoms with Crippen LogP contribution in [0.25, 0.3) is 0 Å². The minimum atomic E-state index is -0.166. The van der Waals surface area contributed by atoms with Gasteiger partial charge in [-0.1, -0.05) is 30.3 Å². The molecule has 0 saturated heterocycles. The lowest BCUT2D eigenvalue weighted by Gasteiger charge is -2.26. The molecule has 1 unspecified atom stereocenters. The first-order chi connectivity index (χ1) is 19.9. The number of nitrogens with zero attached hydrogens (tertiary/aromatic N) is 2. The first kappa shape index (κ1) is 28.0. The molecule has 5 rings (SSSR count). The van der Waals surface area contributed by atoms with Gasteiger partial charge in [0.05, 0.1) is 25.6 Å². The van der Waals surface area contributed by atoms with Gasteiger partial charge in [-0.3, -0.25) is 14.6 Å². The monoisotopic (exact) mass is 549 g/mol. The number of nitrogens with one attached hydrogen (secondary N) is 1. The SMILES string of the molecule is COc1cc2c(cc1OC)N=C1NC(=O)c3cccc(c3)CCCN=C(/C=C\C(C)=O)c3cccc(c3)CCC1C2. The van der Waals surface area contributed by atoms with Crippen LogP contribution in [0.5, 0.6) is 11.5 Å². The molecule has 0 saturated carbocycles. The van der Waals surface area contributed by atoms with Crippen LogP contribution in [0.3, 0.4) is 0 Å². The Morgan fingerprint density at radius 2 is 1.66 bits per heavy atom. The zero-order chi connectivity index (χ0) is 28.8. The largest absolute Gasteiger partial charge is 0.493 e. The Labute approximate surface area is 241 Å². The van der Waals surface area contributed by atoms with E-state index in [4.69, 9.17) is 19.5 Å². The van der Waals surface area contributed by atoms with Crippen molar-refractivity contribution in [3.8, 4) is 11.5 Å². The summed E-state index contributed by atoms with van der Waals surface area (Å²) >= 11 is 0. The summed E-state index contributed by atoms with van der Waals surface area (Å²) in [6, 6.07) is 19.9. The maximum absolute atomic E-state index is 13.4. The molecule has 0 spiro atoms. The molecule has 1 amide bonds. The van der Waals surface area contributed by atoms with Crippen LogP contribution in [0.15, 0.2) is 82.8 Å². The van der Waals surface area contributed by atoms with Crippen LogP contribution in [0.4, 0.5) is 5.69 Å². The number of ketones is 1. The van der Waals surface area contributed by atoms with Gasteiger partial charge in [0.25, 0.3) is 5.91 Å². The molecular weight excluding hydrogens is 514 g/mol. The maximum Gasteiger partial charge on any atom is 0.256 e. The second kappa shape index (κ2) is 12.8. The van der Waals surface area contributed by atoms with Gasteiger partial charge in [-0.05, 0) is 97.7 Å². The molecule has 1 N–H and O–H groups in total. The van der Waals surface area contributed by atoms with E-state index < -0.39 is 0 Å². The summed E-state index contributed by atoms with van der Waals surface area (Å²) in [5.41, 5.74) is 6.44. The third-order valence-electron chi connectivity index (χ3n) is 7.50. The van der Waals surface area contributed by atoms with Crippen molar-refractivity contribution < 1.29 is 19.1 Å². The van der Waals surface area contributed by atoms with Gasteiger partial charge in [0.1, 0.15) is 5.84 Å². The summed E-state index contributed by atoms with van der Waals surface area (Å²) in [6.07, 6.45) is 7.26. The number of benzene rings is 3. The van der Waals surface area contributed by atoms with Gasteiger partial charge < -0.3 is 14.8 Å². The van der Waals surface area contributed by atoms with Crippen molar-refractivity contribution in [2.75, 3.05) is 20.8 Å². The molecule has 4 bridgehead atoms.